The Morgan fingerprint density at radius 3 is 2.57 bits per heavy atom. The molecule has 1 saturated heterocycles. The molecule has 6 heteroatoms. The maximum atomic E-state index is 4.45. The van der Waals surface area contributed by atoms with E-state index in [1.54, 1.807) is 0 Å². The molecule has 0 aromatic heterocycles. The second-order valence-electron chi connectivity index (χ2n) is 8.05. The Morgan fingerprint density at radius 1 is 1.18 bits per heavy atom. The first kappa shape index (κ1) is 23.4. The quantitative estimate of drug-likeness (QED) is 0.359. The molecule has 1 aromatic carbocycles. The first-order valence-electron chi connectivity index (χ1n) is 10.7. The SMILES string of the molecule is CCCN1CCC(NC(=NC)NCC(C)N2CCc3ccccc3C2)CC1.I. The van der Waals surface area contributed by atoms with Crippen LogP contribution in [0.15, 0.2) is 29.3 Å². The fourth-order valence-electron chi connectivity index (χ4n) is 4.27. The van der Waals surface area contributed by atoms with E-state index in [0.717, 1.165) is 32.0 Å². The molecule has 0 saturated carbocycles. The van der Waals surface area contributed by atoms with E-state index in [-0.39, 0.29) is 24.0 Å². The average Bonchev–Trinajstić information content (AvgIpc) is 2.72. The van der Waals surface area contributed by atoms with Crippen molar-refractivity contribution >= 4 is 29.9 Å². The largest absolute Gasteiger partial charge is 0.355 e. The molecule has 1 fully saturated rings. The lowest BCUT2D eigenvalue weighted by Crippen LogP contribution is -2.51. The van der Waals surface area contributed by atoms with Gasteiger partial charge in [0.1, 0.15) is 0 Å². The van der Waals surface area contributed by atoms with E-state index < -0.39 is 0 Å². The number of guanidine groups is 1. The summed E-state index contributed by atoms with van der Waals surface area (Å²) in [5, 5.41) is 7.19. The molecule has 0 aliphatic carbocycles. The fraction of sp³-hybridized carbons (Fsp3) is 0.682. The normalized spacial score (nSPS) is 20.2. The topological polar surface area (TPSA) is 42.9 Å². The van der Waals surface area contributed by atoms with Gasteiger partial charge in [-0.15, -0.1) is 24.0 Å². The molecule has 2 N–H and O–H groups in total. The van der Waals surface area contributed by atoms with E-state index in [2.05, 4.69) is 63.5 Å². The van der Waals surface area contributed by atoms with Gasteiger partial charge in [0.2, 0.25) is 0 Å². The summed E-state index contributed by atoms with van der Waals surface area (Å²) in [7, 11) is 1.88. The highest BCUT2D eigenvalue weighted by Crippen LogP contribution is 2.20. The molecular weight excluding hydrogens is 461 g/mol. The molecular formula is C22H38IN5. The molecule has 2 heterocycles. The molecule has 1 atom stereocenters. The first-order valence-corrected chi connectivity index (χ1v) is 10.7. The van der Waals surface area contributed by atoms with Crippen molar-refractivity contribution in [3.63, 3.8) is 0 Å². The summed E-state index contributed by atoms with van der Waals surface area (Å²) in [5.74, 6) is 0.952. The molecule has 2 aliphatic rings. The third-order valence-corrected chi connectivity index (χ3v) is 6.04. The summed E-state index contributed by atoms with van der Waals surface area (Å²) >= 11 is 0. The van der Waals surface area contributed by atoms with Crippen LogP contribution in [0.5, 0.6) is 0 Å². The standard InChI is InChI=1S/C22H37N5.HI/c1-4-12-26-13-10-21(11-14-26)25-22(23-3)24-16-18(2)27-15-9-19-7-5-6-8-20(19)17-27;/h5-8,18,21H,4,9-17H2,1-3H3,(H2,23,24,25);1H. The molecule has 2 aliphatic heterocycles. The van der Waals surface area contributed by atoms with E-state index in [4.69, 9.17) is 0 Å². The van der Waals surface area contributed by atoms with E-state index >= 15 is 0 Å². The van der Waals surface area contributed by atoms with Crippen LogP contribution >= 0.6 is 24.0 Å². The van der Waals surface area contributed by atoms with Gasteiger partial charge in [-0.2, -0.15) is 0 Å². The number of halogens is 1. The van der Waals surface area contributed by atoms with Crippen LogP contribution in [0.2, 0.25) is 0 Å². The summed E-state index contributed by atoms with van der Waals surface area (Å²) in [6, 6.07) is 9.88. The van der Waals surface area contributed by atoms with Gasteiger partial charge in [-0.3, -0.25) is 9.89 Å². The smallest absolute Gasteiger partial charge is 0.191 e. The Labute approximate surface area is 188 Å². The highest BCUT2D eigenvalue weighted by atomic mass is 127. The van der Waals surface area contributed by atoms with E-state index in [1.807, 2.05) is 7.05 Å². The number of aliphatic imine (C=N–C) groups is 1. The van der Waals surface area contributed by atoms with Crippen molar-refractivity contribution in [1.82, 2.24) is 20.4 Å². The minimum absolute atomic E-state index is 0. The van der Waals surface area contributed by atoms with Crippen molar-refractivity contribution in [2.45, 2.75) is 58.2 Å². The van der Waals surface area contributed by atoms with Gasteiger partial charge in [-0.05, 0) is 50.3 Å². The number of benzene rings is 1. The molecule has 28 heavy (non-hydrogen) atoms. The lowest BCUT2D eigenvalue weighted by atomic mass is 9.99. The molecule has 0 bridgehead atoms. The average molecular weight is 499 g/mol. The van der Waals surface area contributed by atoms with E-state index in [0.29, 0.717) is 12.1 Å². The van der Waals surface area contributed by atoms with Crippen LogP contribution in [0.3, 0.4) is 0 Å². The second-order valence-corrected chi connectivity index (χ2v) is 8.05. The number of nitrogens with one attached hydrogen (secondary N) is 2. The Hall–Kier alpha value is -0.860. The first-order chi connectivity index (χ1) is 13.2. The van der Waals surface area contributed by atoms with Crippen molar-refractivity contribution in [3.05, 3.63) is 35.4 Å². The number of likely N-dealkylation sites (tertiary alicyclic amines) is 1. The number of rotatable bonds is 6. The van der Waals surface area contributed by atoms with Crippen LogP contribution in [-0.2, 0) is 13.0 Å². The third kappa shape index (κ3) is 6.59. The lowest BCUT2D eigenvalue weighted by molar-refractivity contribution is 0.190. The number of hydrogen-bond acceptors (Lipinski definition) is 3. The number of nitrogens with zero attached hydrogens (tertiary/aromatic N) is 3. The van der Waals surface area contributed by atoms with E-state index in [9.17, 15) is 0 Å². The monoisotopic (exact) mass is 499 g/mol. The minimum Gasteiger partial charge on any atom is -0.355 e. The zero-order chi connectivity index (χ0) is 19.1. The van der Waals surface area contributed by atoms with Gasteiger partial charge >= 0.3 is 0 Å². The Bertz CT molecular complexity index is 613. The Balaban J connectivity index is 0.00000280. The van der Waals surface area contributed by atoms with Gasteiger partial charge in [-0.25, -0.2) is 0 Å². The van der Waals surface area contributed by atoms with Gasteiger partial charge in [0.15, 0.2) is 5.96 Å². The predicted octanol–water partition coefficient (Wildman–Crippen LogP) is 3.09. The summed E-state index contributed by atoms with van der Waals surface area (Å²) in [6.45, 7) is 11.3. The molecule has 1 aromatic rings. The van der Waals surface area contributed by atoms with Crippen LogP contribution in [0.1, 0.15) is 44.2 Å². The van der Waals surface area contributed by atoms with Crippen molar-refractivity contribution in [3.8, 4) is 0 Å². The van der Waals surface area contributed by atoms with Gasteiger partial charge in [0.05, 0.1) is 0 Å². The summed E-state index contributed by atoms with van der Waals surface area (Å²) < 4.78 is 0. The van der Waals surface area contributed by atoms with Crippen molar-refractivity contribution in [2.24, 2.45) is 4.99 Å². The van der Waals surface area contributed by atoms with Gasteiger partial charge in [0, 0.05) is 51.9 Å². The zero-order valence-corrected chi connectivity index (χ0v) is 20.1. The molecule has 3 rings (SSSR count). The summed E-state index contributed by atoms with van der Waals surface area (Å²) in [4.78, 5) is 9.60. The molecule has 158 valence electrons. The molecule has 0 spiro atoms. The van der Waals surface area contributed by atoms with Crippen molar-refractivity contribution in [2.75, 3.05) is 39.8 Å². The number of fused-ring (bicyclic) bond motifs is 1. The predicted molar refractivity (Wildman–Crippen MR) is 130 cm³/mol. The van der Waals surface area contributed by atoms with Crippen LogP contribution in [-0.4, -0.2) is 67.6 Å². The fourth-order valence-corrected chi connectivity index (χ4v) is 4.27. The number of hydrogen-bond donors (Lipinski definition) is 2. The molecule has 0 radical (unpaired) electrons. The summed E-state index contributed by atoms with van der Waals surface area (Å²) in [6.07, 6.45) is 4.82. The van der Waals surface area contributed by atoms with Crippen LogP contribution in [0, 0.1) is 0 Å². The second kappa shape index (κ2) is 12.0. The lowest BCUT2D eigenvalue weighted by Gasteiger charge is -2.35. The highest BCUT2D eigenvalue weighted by Gasteiger charge is 2.22. The van der Waals surface area contributed by atoms with E-state index in [1.165, 1.54) is 50.0 Å². The van der Waals surface area contributed by atoms with Gasteiger partial charge in [0.25, 0.3) is 0 Å². The molecule has 1 unspecified atom stereocenters. The van der Waals surface area contributed by atoms with Crippen molar-refractivity contribution in [1.29, 1.82) is 0 Å². The highest BCUT2D eigenvalue weighted by molar-refractivity contribution is 14.0. The van der Waals surface area contributed by atoms with Gasteiger partial charge in [-0.1, -0.05) is 31.2 Å². The Kier molecular flexibility index (Phi) is 10.0. The van der Waals surface area contributed by atoms with Crippen molar-refractivity contribution < 1.29 is 0 Å². The molecule has 5 nitrogen and oxygen atoms in total. The summed E-state index contributed by atoms with van der Waals surface area (Å²) in [5.41, 5.74) is 3.00. The molecule has 0 amide bonds. The van der Waals surface area contributed by atoms with Crippen LogP contribution in [0.4, 0.5) is 0 Å². The number of piperidine rings is 1. The van der Waals surface area contributed by atoms with Crippen LogP contribution < -0.4 is 10.6 Å². The minimum atomic E-state index is 0. The van der Waals surface area contributed by atoms with Crippen LogP contribution in [0.25, 0.3) is 0 Å². The third-order valence-electron chi connectivity index (χ3n) is 6.04. The van der Waals surface area contributed by atoms with Gasteiger partial charge < -0.3 is 15.5 Å². The maximum Gasteiger partial charge on any atom is 0.191 e. The maximum absolute atomic E-state index is 4.45. The Morgan fingerprint density at radius 2 is 1.89 bits per heavy atom. The zero-order valence-electron chi connectivity index (χ0n) is 17.8.